The molecular weight excluding hydrogens is 419 g/mol. The number of benzene rings is 2. The van der Waals surface area contributed by atoms with Crippen LogP contribution in [0.25, 0.3) is 0 Å². The quantitative estimate of drug-likeness (QED) is 0.514. The lowest BCUT2D eigenvalue weighted by Crippen LogP contribution is -2.17. The van der Waals surface area contributed by atoms with E-state index in [1.807, 2.05) is 0 Å². The molecule has 0 amide bonds. The van der Waals surface area contributed by atoms with E-state index in [2.05, 4.69) is 4.98 Å². The van der Waals surface area contributed by atoms with Crippen LogP contribution in [0.4, 0.5) is 13.2 Å². The van der Waals surface area contributed by atoms with Crippen LogP contribution in [0.3, 0.4) is 0 Å². The third-order valence-electron chi connectivity index (χ3n) is 3.41. The van der Waals surface area contributed by atoms with Gasteiger partial charge in [-0.3, -0.25) is 0 Å². The van der Waals surface area contributed by atoms with E-state index >= 15 is 0 Å². The highest BCUT2D eigenvalue weighted by Crippen LogP contribution is 2.37. The minimum atomic E-state index is -4.92. The van der Waals surface area contributed by atoms with Crippen molar-refractivity contribution in [1.82, 2.24) is 4.98 Å². The summed E-state index contributed by atoms with van der Waals surface area (Å²) in [4.78, 5) is 2.94. The summed E-state index contributed by atoms with van der Waals surface area (Å²) >= 11 is 5.56. The van der Waals surface area contributed by atoms with Crippen molar-refractivity contribution in [2.45, 2.75) is 11.1 Å². The van der Waals surface area contributed by atoms with E-state index in [9.17, 15) is 21.6 Å². The van der Waals surface area contributed by atoms with Gasteiger partial charge in [-0.2, -0.15) is 21.6 Å². The number of aromatic nitrogens is 1. The van der Waals surface area contributed by atoms with Gasteiger partial charge in [0.1, 0.15) is 16.4 Å². The second-order valence-electron chi connectivity index (χ2n) is 5.42. The smallest absolute Gasteiger partial charge is 0.417 e. The first-order chi connectivity index (χ1) is 13.1. The maximum absolute atomic E-state index is 13.2. The molecule has 0 fully saturated rings. The number of hydrogen-bond acceptors (Lipinski definition) is 5. The van der Waals surface area contributed by atoms with Gasteiger partial charge in [0.25, 0.3) is 0 Å². The van der Waals surface area contributed by atoms with E-state index in [4.69, 9.17) is 20.5 Å². The van der Waals surface area contributed by atoms with Crippen molar-refractivity contribution in [1.29, 1.82) is 0 Å². The van der Waals surface area contributed by atoms with Crippen LogP contribution in [0.5, 0.6) is 17.4 Å². The van der Waals surface area contributed by atoms with E-state index in [0.29, 0.717) is 17.7 Å². The summed E-state index contributed by atoms with van der Waals surface area (Å²) in [6.45, 7) is 0. The van der Waals surface area contributed by atoms with Gasteiger partial charge < -0.3 is 8.92 Å². The fourth-order valence-electron chi connectivity index (χ4n) is 2.20. The SMILES string of the molecule is O=S(=O)(Oc1ccc(Oc2ccccn2)cc1)c1ccc(Cl)cc1C(F)(F)F. The molecular formula is C18H11ClF3NO4S. The maximum Gasteiger partial charge on any atom is 0.417 e. The first-order valence-corrected chi connectivity index (χ1v) is 9.44. The first-order valence-electron chi connectivity index (χ1n) is 7.65. The van der Waals surface area contributed by atoms with Crippen LogP contribution >= 0.6 is 11.6 Å². The molecule has 1 aromatic heterocycles. The van der Waals surface area contributed by atoms with E-state index in [0.717, 1.165) is 12.1 Å². The predicted octanol–water partition coefficient (Wildman–Crippen LogP) is 5.31. The second kappa shape index (κ2) is 7.69. The Morgan fingerprint density at radius 2 is 1.61 bits per heavy atom. The lowest BCUT2D eigenvalue weighted by atomic mass is 10.2. The standard InChI is InChI=1S/C18H11ClF3NO4S/c19-12-4-9-16(15(11-12)18(20,21)22)28(24,25)27-14-7-5-13(6-8-14)26-17-3-1-2-10-23-17/h1-11H. The number of halogens is 4. The van der Waals surface area contributed by atoms with E-state index < -0.39 is 26.8 Å². The highest BCUT2D eigenvalue weighted by molar-refractivity contribution is 7.87. The Morgan fingerprint density at radius 3 is 2.21 bits per heavy atom. The van der Waals surface area contributed by atoms with Crippen LogP contribution in [0, 0.1) is 0 Å². The molecule has 0 unspecified atom stereocenters. The topological polar surface area (TPSA) is 65.5 Å². The Bertz CT molecular complexity index is 1070. The number of hydrogen-bond donors (Lipinski definition) is 0. The Morgan fingerprint density at radius 1 is 0.929 bits per heavy atom. The fraction of sp³-hybridized carbons (Fsp3) is 0.0556. The number of rotatable bonds is 5. The molecule has 10 heteroatoms. The third kappa shape index (κ3) is 4.73. The molecule has 0 saturated carbocycles. The van der Waals surface area contributed by atoms with Crippen molar-refractivity contribution < 1.29 is 30.5 Å². The highest BCUT2D eigenvalue weighted by atomic mass is 35.5. The lowest BCUT2D eigenvalue weighted by molar-refractivity contribution is -0.139. The van der Waals surface area contributed by atoms with Crippen molar-refractivity contribution in [2.75, 3.05) is 0 Å². The minimum Gasteiger partial charge on any atom is -0.439 e. The molecule has 0 atom stereocenters. The minimum absolute atomic E-state index is 0.184. The molecule has 0 bridgehead atoms. The molecule has 0 aliphatic rings. The molecule has 0 radical (unpaired) electrons. The van der Waals surface area contributed by atoms with Gasteiger partial charge in [-0.25, -0.2) is 4.98 Å². The molecule has 28 heavy (non-hydrogen) atoms. The molecule has 0 saturated heterocycles. The van der Waals surface area contributed by atoms with Crippen LogP contribution in [-0.4, -0.2) is 13.4 Å². The molecule has 5 nitrogen and oxygen atoms in total. The van der Waals surface area contributed by atoms with Crippen molar-refractivity contribution in [3.8, 4) is 17.4 Å². The monoisotopic (exact) mass is 429 g/mol. The largest absolute Gasteiger partial charge is 0.439 e. The van der Waals surface area contributed by atoms with Crippen LogP contribution in [-0.2, 0) is 16.3 Å². The molecule has 1 heterocycles. The zero-order valence-corrected chi connectivity index (χ0v) is 15.4. The lowest BCUT2D eigenvalue weighted by Gasteiger charge is -2.14. The van der Waals surface area contributed by atoms with Crippen LogP contribution in [0.1, 0.15) is 5.56 Å². The van der Waals surface area contributed by atoms with Gasteiger partial charge in [0.2, 0.25) is 5.88 Å². The predicted molar refractivity (Wildman–Crippen MR) is 95.0 cm³/mol. The molecule has 3 rings (SSSR count). The molecule has 0 N–H and O–H groups in total. The van der Waals surface area contributed by atoms with E-state index in [-0.39, 0.29) is 10.8 Å². The molecule has 3 aromatic rings. The third-order valence-corrected chi connectivity index (χ3v) is 4.95. The number of ether oxygens (including phenoxy) is 1. The normalized spacial score (nSPS) is 11.9. The van der Waals surface area contributed by atoms with Gasteiger partial charge in [-0.1, -0.05) is 17.7 Å². The van der Waals surface area contributed by atoms with Crippen LogP contribution in [0.15, 0.2) is 71.8 Å². The zero-order chi connectivity index (χ0) is 20.4. The van der Waals surface area contributed by atoms with Crippen LogP contribution < -0.4 is 8.92 Å². The van der Waals surface area contributed by atoms with Crippen LogP contribution in [0.2, 0.25) is 5.02 Å². The van der Waals surface area contributed by atoms with E-state index in [1.165, 1.54) is 30.5 Å². The second-order valence-corrected chi connectivity index (χ2v) is 7.37. The summed E-state index contributed by atoms with van der Waals surface area (Å²) in [7, 11) is -4.75. The Hall–Kier alpha value is -2.78. The zero-order valence-electron chi connectivity index (χ0n) is 13.9. The fourth-order valence-corrected chi connectivity index (χ4v) is 3.51. The van der Waals surface area contributed by atoms with Gasteiger partial charge in [-0.15, -0.1) is 0 Å². The number of nitrogens with zero attached hydrogens (tertiary/aromatic N) is 1. The Balaban J connectivity index is 1.83. The number of pyridine rings is 1. The molecule has 2 aromatic carbocycles. The van der Waals surface area contributed by atoms with Gasteiger partial charge in [0, 0.05) is 17.3 Å². The van der Waals surface area contributed by atoms with Crippen molar-refractivity contribution in [2.24, 2.45) is 0 Å². The molecule has 146 valence electrons. The van der Waals surface area contributed by atoms with E-state index in [1.54, 1.807) is 18.2 Å². The molecule has 0 aliphatic heterocycles. The van der Waals surface area contributed by atoms with Gasteiger partial charge >= 0.3 is 16.3 Å². The maximum atomic E-state index is 13.2. The first kappa shape index (κ1) is 20.0. The van der Waals surface area contributed by atoms with Crippen molar-refractivity contribution in [3.63, 3.8) is 0 Å². The Labute approximate surface area is 163 Å². The summed E-state index contributed by atoms with van der Waals surface area (Å²) in [6.07, 6.45) is -3.39. The van der Waals surface area contributed by atoms with Gasteiger partial charge in [0.05, 0.1) is 5.56 Å². The summed E-state index contributed by atoms with van der Waals surface area (Å²) in [5.41, 5.74) is -1.41. The van der Waals surface area contributed by atoms with Gasteiger partial charge in [0.15, 0.2) is 0 Å². The average Bonchev–Trinajstić information content (AvgIpc) is 2.63. The molecule has 0 aliphatic carbocycles. The molecule has 0 spiro atoms. The van der Waals surface area contributed by atoms with Gasteiger partial charge in [-0.05, 0) is 48.5 Å². The summed E-state index contributed by atoms with van der Waals surface area (Å²) in [5, 5.41) is -0.248. The van der Waals surface area contributed by atoms with Crippen molar-refractivity contribution in [3.05, 3.63) is 77.4 Å². The summed E-state index contributed by atoms with van der Waals surface area (Å²) in [6, 6.07) is 12.7. The average molecular weight is 430 g/mol. The summed E-state index contributed by atoms with van der Waals surface area (Å²) in [5.74, 6) is 0.474. The van der Waals surface area contributed by atoms with Crippen molar-refractivity contribution >= 4 is 21.7 Å². The summed E-state index contributed by atoms with van der Waals surface area (Å²) < 4.78 is 74.4. The number of alkyl halides is 3. The Kier molecular flexibility index (Phi) is 5.48. The highest BCUT2D eigenvalue weighted by Gasteiger charge is 2.38.